The molecule has 1 nitrogen and oxygen atoms in total. The molecule has 2 heteroatoms. The Morgan fingerprint density at radius 1 is 1.30 bits per heavy atom. The molecule has 0 saturated heterocycles. The van der Waals surface area contributed by atoms with E-state index < -0.39 is 0 Å². The topological polar surface area (TPSA) is 23.1 Å². The first-order valence-corrected chi connectivity index (χ1v) is 6.48. The molecule has 1 aliphatic carbocycles. The fourth-order valence-electron chi connectivity index (χ4n) is 1.18. The predicted molar refractivity (Wildman–Crippen MR) is 44.3 cm³/mol. The van der Waals surface area contributed by atoms with E-state index in [1.165, 1.54) is 25.7 Å². The number of rotatable bonds is 1. The van der Waals surface area contributed by atoms with E-state index in [9.17, 15) is 5.11 Å². The molecule has 0 spiro atoms. The molecule has 0 aromatic rings. The van der Waals surface area contributed by atoms with Crippen LogP contribution in [0.15, 0.2) is 0 Å². The van der Waals surface area contributed by atoms with Gasteiger partial charge in [0.05, 0.1) is 0 Å². The van der Waals surface area contributed by atoms with Gasteiger partial charge in [0.1, 0.15) is 0 Å². The zero-order valence-corrected chi connectivity index (χ0v) is 8.25. The minimum atomic E-state index is 0.167. The summed E-state index contributed by atoms with van der Waals surface area (Å²) in [6, 6.07) is 0. The Morgan fingerprint density at radius 3 is 1.90 bits per heavy atom. The van der Waals surface area contributed by atoms with Gasteiger partial charge < -0.3 is 5.11 Å². The third-order valence-electron chi connectivity index (χ3n) is 1.71. The van der Waals surface area contributed by atoms with E-state index in [-0.39, 0.29) is 6.61 Å². The maximum absolute atomic E-state index is 10.1. The third-order valence-corrected chi connectivity index (χ3v) is 1.71. The van der Waals surface area contributed by atoms with E-state index >= 15 is 0 Å². The fraction of sp³-hybridized carbons (Fsp3) is 1.00. The average molecular weight is 156 g/mol. The first kappa shape index (κ1) is 10.5. The maximum atomic E-state index is 10.1. The Balaban J connectivity index is 0.000000236. The van der Waals surface area contributed by atoms with Crippen molar-refractivity contribution in [1.29, 1.82) is 0 Å². The summed E-state index contributed by atoms with van der Waals surface area (Å²) in [5.41, 5.74) is 0. The van der Waals surface area contributed by atoms with Crippen LogP contribution in [0.3, 0.4) is 0 Å². The van der Waals surface area contributed by atoms with E-state index in [4.69, 9.17) is 0 Å². The standard InChI is InChI=1S/C6H11O.2CH3.Al/c7-5-6-3-1-2-4-6;;;/h6H,1-5H2;2*1H3;/q-1;;;+1. The van der Waals surface area contributed by atoms with Gasteiger partial charge >= 0.3 is 26.8 Å². The van der Waals surface area contributed by atoms with Crippen molar-refractivity contribution >= 4 is 15.2 Å². The molecule has 0 bridgehead atoms. The quantitative estimate of drug-likeness (QED) is 0.525. The molecule has 10 heavy (non-hydrogen) atoms. The zero-order chi connectivity index (χ0) is 7.82. The average Bonchev–Trinajstić information content (AvgIpc) is 2.39. The van der Waals surface area contributed by atoms with Gasteiger partial charge in [-0.25, -0.2) is 0 Å². The summed E-state index contributed by atoms with van der Waals surface area (Å²) in [4.78, 5) is 0. The van der Waals surface area contributed by atoms with Crippen LogP contribution >= 0.6 is 0 Å². The van der Waals surface area contributed by atoms with Gasteiger partial charge in [0.2, 0.25) is 0 Å². The summed E-state index contributed by atoms with van der Waals surface area (Å²) >= 11 is 0.750. The molecular formula is C8H17AlO. The van der Waals surface area contributed by atoms with Crippen LogP contribution in [-0.4, -0.2) is 21.8 Å². The second-order valence-electron chi connectivity index (χ2n) is 2.89. The van der Waals surface area contributed by atoms with Crippen molar-refractivity contribution in [3.63, 3.8) is 0 Å². The molecule has 0 aliphatic heterocycles. The van der Waals surface area contributed by atoms with Crippen molar-refractivity contribution in [3.8, 4) is 0 Å². The van der Waals surface area contributed by atoms with Crippen LogP contribution in [0.25, 0.3) is 0 Å². The molecule has 0 radical (unpaired) electrons. The van der Waals surface area contributed by atoms with Gasteiger partial charge in [-0.15, -0.1) is 6.61 Å². The zero-order valence-electron chi connectivity index (χ0n) is 7.10. The van der Waals surface area contributed by atoms with Crippen LogP contribution in [-0.2, 0) is 0 Å². The number of hydrogen-bond donors (Lipinski definition) is 0. The molecule has 0 aromatic heterocycles. The van der Waals surface area contributed by atoms with Crippen LogP contribution in [0.5, 0.6) is 0 Å². The SMILES string of the molecule is [CH3][Al+][CH3].[O-]CC1CCCC1. The number of hydrogen-bond acceptors (Lipinski definition) is 1. The Morgan fingerprint density at radius 2 is 1.70 bits per heavy atom. The molecule has 0 atom stereocenters. The third kappa shape index (κ3) is 5.29. The Kier molecular flexibility index (Phi) is 7.97. The Labute approximate surface area is 70.5 Å². The Hall–Kier alpha value is 0.492. The van der Waals surface area contributed by atoms with Crippen LogP contribution in [0, 0.1) is 5.92 Å². The summed E-state index contributed by atoms with van der Waals surface area (Å²) in [7, 11) is 0. The minimum Gasteiger partial charge on any atom is -0.854 e. The summed E-state index contributed by atoms with van der Waals surface area (Å²) in [6.07, 6.45) is 4.99. The van der Waals surface area contributed by atoms with Crippen LogP contribution in [0.1, 0.15) is 25.7 Å². The largest absolute Gasteiger partial charge is 0.854 e. The van der Waals surface area contributed by atoms with E-state index in [2.05, 4.69) is 11.6 Å². The van der Waals surface area contributed by atoms with Crippen molar-refractivity contribution in [2.75, 3.05) is 6.61 Å². The second-order valence-corrected chi connectivity index (χ2v) is 4.05. The first-order valence-electron chi connectivity index (χ1n) is 4.17. The molecule has 1 saturated carbocycles. The van der Waals surface area contributed by atoms with Crippen molar-refractivity contribution in [2.24, 2.45) is 5.92 Å². The van der Waals surface area contributed by atoms with E-state index in [1.807, 2.05) is 0 Å². The van der Waals surface area contributed by atoms with Crippen LogP contribution in [0.4, 0.5) is 0 Å². The van der Waals surface area contributed by atoms with E-state index in [0.29, 0.717) is 5.92 Å². The second kappa shape index (κ2) is 7.60. The van der Waals surface area contributed by atoms with Gasteiger partial charge in [0, 0.05) is 0 Å². The molecule has 1 rings (SSSR count). The molecule has 1 fully saturated rings. The van der Waals surface area contributed by atoms with Crippen molar-refractivity contribution < 1.29 is 5.11 Å². The molecular weight excluding hydrogens is 139 g/mol. The molecule has 0 heterocycles. The Bertz CT molecular complexity index is 60.3. The summed E-state index contributed by atoms with van der Waals surface area (Å²) in [5.74, 6) is 4.96. The summed E-state index contributed by atoms with van der Waals surface area (Å²) in [6.45, 7) is 0.167. The van der Waals surface area contributed by atoms with Gasteiger partial charge in [-0.1, -0.05) is 31.6 Å². The van der Waals surface area contributed by atoms with Crippen molar-refractivity contribution in [3.05, 3.63) is 0 Å². The monoisotopic (exact) mass is 156 g/mol. The van der Waals surface area contributed by atoms with Gasteiger partial charge in [-0.2, -0.15) is 0 Å². The molecule has 0 amide bonds. The van der Waals surface area contributed by atoms with Crippen LogP contribution < -0.4 is 5.11 Å². The molecule has 58 valence electrons. The molecule has 0 unspecified atom stereocenters. The molecule has 0 aromatic carbocycles. The van der Waals surface area contributed by atoms with E-state index in [1.54, 1.807) is 0 Å². The summed E-state index contributed by atoms with van der Waals surface area (Å²) in [5, 5.41) is 10.1. The van der Waals surface area contributed by atoms with Crippen molar-refractivity contribution in [2.45, 2.75) is 37.3 Å². The smallest absolute Gasteiger partial charge is 0.0517 e. The van der Waals surface area contributed by atoms with Gasteiger partial charge in [-0.05, 0) is 0 Å². The van der Waals surface area contributed by atoms with E-state index in [0.717, 1.165) is 15.2 Å². The molecule has 1 aliphatic rings. The van der Waals surface area contributed by atoms with Crippen molar-refractivity contribution in [1.82, 2.24) is 0 Å². The summed E-state index contributed by atoms with van der Waals surface area (Å²) < 4.78 is 0. The van der Waals surface area contributed by atoms with Gasteiger partial charge in [0.15, 0.2) is 0 Å². The predicted octanol–water partition coefficient (Wildman–Crippen LogP) is 1.32. The van der Waals surface area contributed by atoms with Gasteiger partial charge in [-0.3, -0.25) is 0 Å². The fourth-order valence-corrected chi connectivity index (χ4v) is 1.18. The van der Waals surface area contributed by atoms with Gasteiger partial charge in [0.25, 0.3) is 0 Å². The minimum absolute atomic E-state index is 0.167. The van der Waals surface area contributed by atoms with Crippen LogP contribution in [0.2, 0.25) is 11.6 Å². The maximum Gasteiger partial charge on any atom is -0.0517 e. The molecule has 0 N–H and O–H groups in total. The normalized spacial score (nSPS) is 17.5. The first-order chi connectivity index (χ1) is 4.85.